The van der Waals surface area contributed by atoms with Crippen LogP contribution in [0.15, 0.2) is 23.0 Å². The molecule has 3 heterocycles. The minimum atomic E-state index is -0.937. The van der Waals surface area contributed by atoms with E-state index in [2.05, 4.69) is 34.4 Å². The van der Waals surface area contributed by atoms with Gasteiger partial charge in [-0.1, -0.05) is 31.5 Å². The molecule has 1 fully saturated rings. The molecule has 2 aliphatic heterocycles. The Balaban J connectivity index is 1.64. The van der Waals surface area contributed by atoms with Crippen LogP contribution in [0.3, 0.4) is 0 Å². The summed E-state index contributed by atoms with van der Waals surface area (Å²) in [6.07, 6.45) is 0.994. The number of piperidine rings is 1. The lowest BCUT2D eigenvalue weighted by atomic mass is 9.91. The number of H-pyrrole nitrogens is 1. The van der Waals surface area contributed by atoms with Gasteiger partial charge in [-0.15, -0.1) is 0 Å². The Morgan fingerprint density at radius 2 is 1.94 bits per heavy atom. The first-order valence-corrected chi connectivity index (χ1v) is 10.8. The molecule has 3 atom stereocenters. The Bertz CT molecular complexity index is 1090. The van der Waals surface area contributed by atoms with Gasteiger partial charge in [-0.2, -0.15) is 4.98 Å². The Hall–Kier alpha value is -2.87. The maximum absolute atomic E-state index is 13.0. The molecule has 2 aromatic rings. The standard InChI is InChI=1S/C22H26ClN5O3/c1-11-6-12(2)10-28(9-11)22-26-19-18(21(31)27-22)15(8-17(29)25-19)20(30)24-14-5-4-13(3)16(23)7-14/h4-5,7,11-12,15H,6,8-10H2,1-3H3,(H,24,30)(H2,25,26,27,29,31). The number of halogens is 1. The predicted octanol–water partition coefficient (Wildman–Crippen LogP) is 3.28. The predicted molar refractivity (Wildman–Crippen MR) is 121 cm³/mol. The summed E-state index contributed by atoms with van der Waals surface area (Å²) in [6.45, 7) is 7.75. The smallest absolute Gasteiger partial charge is 0.258 e. The molecule has 2 aliphatic rings. The number of fused-ring (bicyclic) bond motifs is 1. The number of carbonyl (C=O) groups is 2. The van der Waals surface area contributed by atoms with Crippen molar-refractivity contribution in [2.24, 2.45) is 11.8 Å². The van der Waals surface area contributed by atoms with Crippen molar-refractivity contribution in [1.82, 2.24) is 9.97 Å². The van der Waals surface area contributed by atoms with Crippen LogP contribution in [0.2, 0.25) is 5.02 Å². The van der Waals surface area contributed by atoms with Gasteiger partial charge >= 0.3 is 0 Å². The molecule has 2 amide bonds. The lowest BCUT2D eigenvalue weighted by Gasteiger charge is -2.35. The molecule has 0 radical (unpaired) electrons. The average molecular weight is 444 g/mol. The zero-order valence-corrected chi connectivity index (χ0v) is 18.5. The summed E-state index contributed by atoms with van der Waals surface area (Å²) in [6, 6.07) is 5.16. The van der Waals surface area contributed by atoms with Crippen LogP contribution in [0.4, 0.5) is 17.5 Å². The number of amides is 2. The zero-order valence-electron chi connectivity index (χ0n) is 17.8. The van der Waals surface area contributed by atoms with E-state index in [1.807, 2.05) is 11.8 Å². The first-order chi connectivity index (χ1) is 14.7. The maximum atomic E-state index is 13.0. The van der Waals surface area contributed by atoms with Crippen molar-refractivity contribution >= 4 is 40.9 Å². The summed E-state index contributed by atoms with van der Waals surface area (Å²) in [5.41, 5.74) is 1.16. The first kappa shape index (κ1) is 21.4. The van der Waals surface area contributed by atoms with Crippen molar-refractivity contribution in [1.29, 1.82) is 0 Å². The molecule has 0 spiro atoms. The number of aromatic amines is 1. The van der Waals surface area contributed by atoms with Crippen LogP contribution in [-0.4, -0.2) is 34.9 Å². The monoisotopic (exact) mass is 443 g/mol. The summed E-state index contributed by atoms with van der Waals surface area (Å²) >= 11 is 6.14. The third-order valence-electron chi connectivity index (χ3n) is 5.86. The molecule has 3 unspecified atom stereocenters. The molecular weight excluding hydrogens is 418 g/mol. The zero-order chi connectivity index (χ0) is 22.3. The number of hydrogen-bond donors (Lipinski definition) is 3. The van der Waals surface area contributed by atoms with E-state index in [1.165, 1.54) is 0 Å². The number of anilines is 3. The molecule has 31 heavy (non-hydrogen) atoms. The Kier molecular flexibility index (Phi) is 5.75. The minimum absolute atomic E-state index is 0.125. The molecule has 1 aromatic carbocycles. The van der Waals surface area contributed by atoms with Gasteiger partial charge < -0.3 is 15.5 Å². The van der Waals surface area contributed by atoms with Crippen LogP contribution in [0.5, 0.6) is 0 Å². The molecule has 164 valence electrons. The van der Waals surface area contributed by atoms with Crippen molar-refractivity contribution in [2.45, 2.75) is 39.5 Å². The third-order valence-corrected chi connectivity index (χ3v) is 6.27. The summed E-state index contributed by atoms with van der Waals surface area (Å²) in [5.74, 6) is -0.209. The van der Waals surface area contributed by atoms with Crippen LogP contribution in [0.1, 0.15) is 43.7 Å². The van der Waals surface area contributed by atoms with Crippen molar-refractivity contribution in [3.8, 4) is 0 Å². The van der Waals surface area contributed by atoms with Crippen molar-refractivity contribution < 1.29 is 9.59 Å². The van der Waals surface area contributed by atoms with Gasteiger partial charge in [-0.3, -0.25) is 19.4 Å². The Morgan fingerprint density at radius 1 is 1.23 bits per heavy atom. The molecule has 0 bridgehead atoms. The highest BCUT2D eigenvalue weighted by Gasteiger charge is 2.35. The van der Waals surface area contributed by atoms with E-state index in [4.69, 9.17) is 11.6 Å². The topological polar surface area (TPSA) is 107 Å². The molecule has 3 N–H and O–H groups in total. The van der Waals surface area contributed by atoms with Gasteiger partial charge in [0.05, 0.1) is 11.5 Å². The third kappa shape index (κ3) is 4.44. The summed E-state index contributed by atoms with van der Waals surface area (Å²) in [7, 11) is 0. The molecule has 1 saturated heterocycles. The highest BCUT2D eigenvalue weighted by molar-refractivity contribution is 6.31. The largest absolute Gasteiger partial charge is 0.342 e. The fraction of sp³-hybridized carbons (Fsp3) is 0.455. The van der Waals surface area contributed by atoms with Gasteiger partial charge in [0.2, 0.25) is 17.8 Å². The van der Waals surface area contributed by atoms with E-state index < -0.39 is 17.4 Å². The SMILES string of the molecule is Cc1ccc(NC(=O)C2CC(=O)Nc3nc(N4CC(C)CC(C)C4)[nH]c(=O)c32)cc1Cl. The van der Waals surface area contributed by atoms with E-state index in [0.29, 0.717) is 28.5 Å². The van der Waals surface area contributed by atoms with E-state index in [1.54, 1.807) is 18.2 Å². The van der Waals surface area contributed by atoms with Gasteiger partial charge in [0.1, 0.15) is 5.82 Å². The maximum Gasteiger partial charge on any atom is 0.258 e. The number of aromatic nitrogens is 2. The van der Waals surface area contributed by atoms with Gasteiger partial charge in [0.15, 0.2) is 0 Å². The lowest BCUT2D eigenvalue weighted by Crippen LogP contribution is -2.42. The van der Waals surface area contributed by atoms with Crippen LogP contribution >= 0.6 is 11.6 Å². The number of benzene rings is 1. The number of carbonyl (C=O) groups excluding carboxylic acids is 2. The van der Waals surface area contributed by atoms with Gasteiger partial charge in [0.25, 0.3) is 5.56 Å². The highest BCUT2D eigenvalue weighted by Crippen LogP contribution is 2.32. The normalized spacial score (nSPS) is 23.2. The van der Waals surface area contributed by atoms with Gasteiger partial charge in [-0.25, -0.2) is 0 Å². The Labute approximate surface area is 185 Å². The number of hydrogen-bond acceptors (Lipinski definition) is 5. The number of aryl methyl sites for hydroxylation is 1. The second kappa shape index (κ2) is 8.34. The van der Waals surface area contributed by atoms with Crippen molar-refractivity contribution in [3.05, 3.63) is 44.7 Å². The second-order valence-electron chi connectivity index (χ2n) is 8.76. The molecule has 1 aromatic heterocycles. The number of nitrogens with one attached hydrogen (secondary N) is 3. The molecule has 9 heteroatoms. The van der Waals surface area contributed by atoms with Crippen molar-refractivity contribution in [3.63, 3.8) is 0 Å². The summed E-state index contributed by atoms with van der Waals surface area (Å²) < 4.78 is 0. The van der Waals surface area contributed by atoms with Crippen LogP contribution in [0, 0.1) is 18.8 Å². The van der Waals surface area contributed by atoms with E-state index >= 15 is 0 Å². The van der Waals surface area contributed by atoms with Crippen molar-refractivity contribution in [2.75, 3.05) is 28.6 Å². The van der Waals surface area contributed by atoms with Crippen LogP contribution < -0.4 is 21.1 Å². The van der Waals surface area contributed by atoms with Gasteiger partial charge in [0, 0.05) is 30.2 Å². The van der Waals surface area contributed by atoms with E-state index in [-0.39, 0.29) is 23.7 Å². The lowest BCUT2D eigenvalue weighted by molar-refractivity contribution is -0.123. The minimum Gasteiger partial charge on any atom is -0.342 e. The van der Waals surface area contributed by atoms with E-state index in [0.717, 1.165) is 25.1 Å². The molecular formula is C22H26ClN5O3. The molecule has 0 aliphatic carbocycles. The summed E-state index contributed by atoms with van der Waals surface area (Å²) in [5, 5.41) is 5.96. The van der Waals surface area contributed by atoms with Crippen LogP contribution in [-0.2, 0) is 9.59 Å². The molecule has 4 rings (SSSR count). The molecule has 8 nitrogen and oxygen atoms in total. The van der Waals surface area contributed by atoms with Crippen LogP contribution in [0.25, 0.3) is 0 Å². The quantitative estimate of drug-likeness (QED) is 0.674. The number of nitrogens with zero attached hydrogens (tertiary/aromatic N) is 2. The van der Waals surface area contributed by atoms with Gasteiger partial charge in [-0.05, 0) is 42.9 Å². The average Bonchev–Trinajstić information content (AvgIpc) is 2.69. The van der Waals surface area contributed by atoms with E-state index in [9.17, 15) is 14.4 Å². The fourth-order valence-electron chi connectivity index (χ4n) is 4.47. The molecule has 0 saturated carbocycles. The second-order valence-corrected chi connectivity index (χ2v) is 9.17. The first-order valence-electron chi connectivity index (χ1n) is 10.5. The summed E-state index contributed by atoms with van der Waals surface area (Å²) in [4.78, 5) is 47.7. The highest BCUT2D eigenvalue weighted by atomic mass is 35.5. The number of rotatable bonds is 3. The Morgan fingerprint density at radius 3 is 2.61 bits per heavy atom. The fourth-order valence-corrected chi connectivity index (χ4v) is 4.65.